The number of esters is 1. The average molecular weight is 667 g/mol. The molecule has 0 bridgehead atoms. The lowest BCUT2D eigenvalue weighted by Crippen LogP contribution is -2.45. The van der Waals surface area contributed by atoms with E-state index in [9.17, 15) is 48.3 Å². The first kappa shape index (κ1) is 34.3. The number of sulfonamides is 1. The average Bonchev–Trinajstić information content (AvgIpc) is 3.35. The third-order valence-corrected chi connectivity index (χ3v) is 8.45. The number of carbonyl (C=O) groups excluding carboxylic acids is 1. The summed E-state index contributed by atoms with van der Waals surface area (Å²) in [5.41, 5.74) is 0.697. The van der Waals surface area contributed by atoms with E-state index in [1.54, 1.807) is 0 Å². The number of aryl methyl sites for hydroxylation is 1. The van der Waals surface area contributed by atoms with E-state index in [0.29, 0.717) is 17.7 Å². The molecule has 0 radical (unpaired) electrons. The molecule has 0 amide bonds. The van der Waals surface area contributed by atoms with E-state index in [2.05, 4.69) is 30.1 Å². The molecule has 1 aliphatic heterocycles. The molecule has 0 fully saturated rings. The summed E-state index contributed by atoms with van der Waals surface area (Å²) in [5.74, 6) is -4.34. The molecule has 0 saturated heterocycles. The number of rotatable bonds is 11. The summed E-state index contributed by atoms with van der Waals surface area (Å²) in [7, 11) is -4.97. The fourth-order valence-corrected chi connectivity index (χ4v) is 6.08. The lowest BCUT2D eigenvalue weighted by Gasteiger charge is -2.44. The van der Waals surface area contributed by atoms with Crippen LogP contribution in [-0.4, -0.2) is 60.9 Å². The molecular formula is C23H26F8N6O4S2. The van der Waals surface area contributed by atoms with E-state index < -0.39 is 50.3 Å². The monoisotopic (exact) mass is 666 g/mol. The van der Waals surface area contributed by atoms with Crippen molar-refractivity contribution >= 4 is 49.5 Å². The van der Waals surface area contributed by atoms with Gasteiger partial charge in [-0.05, 0) is 49.8 Å². The van der Waals surface area contributed by atoms with Gasteiger partial charge in [-0.3, -0.25) is 4.72 Å². The molecule has 1 aliphatic rings. The number of alkyl halides is 8. The Balaban J connectivity index is 2.03. The Kier molecular flexibility index (Phi) is 10.2. The van der Waals surface area contributed by atoms with Crippen molar-refractivity contribution in [2.45, 2.75) is 83.4 Å². The van der Waals surface area contributed by atoms with Crippen LogP contribution in [0.2, 0.25) is 0 Å². The van der Waals surface area contributed by atoms with Gasteiger partial charge in [0.25, 0.3) is 5.13 Å². The Morgan fingerprint density at radius 1 is 1.09 bits per heavy atom. The van der Waals surface area contributed by atoms with Gasteiger partial charge in [-0.15, -0.1) is 20.4 Å². The molecule has 1 aromatic heterocycles. The quantitative estimate of drug-likeness (QED) is 0.152. The first-order valence-electron chi connectivity index (χ1n) is 12.8. The summed E-state index contributed by atoms with van der Waals surface area (Å²) in [6.07, 6.45) is -13.6. The van der Waals surface area contributed by atoms with Gasteiger partial charge in [0.05, 0.1) is 5.69 Å². The van der Waals surface area contributed by atoms with Gasteiger partial charge >= 0.3 is 24.4 Å². The zero-order valence-corrected chi connectivity index (χ0v) is 24.4. The van der Waals surface area contributed by atoms with E-state index in [0.717, 1.165) is 25.7 Å². The van der Waals surface area contributed by atoms with Crippen LogP contribution in [0, 0.1) is 0 Å². The number of azo groups is 1. The highest BCUT2D eigenvalue weighted by molar-refractivity contribution is 7.92. The first-order chi connectivity index (χ1) is 19.8. The second-order valence-electron chi connectivity index (χ2n) is 9.45. The van der Waals surface area contributed by atoms with Gasteiger partial charge in [-0.1, -0.05) is 32.1 Å². The molecule has 1 unspecified atom stereocenters. The topological polar surface area (TPSA) is 126 Å². The first-order valence-corrected chi connectivity index (χ1v) is 15.2. The van der Waals surface area contributed by atoms with Gasteiger partial charge in [-0.25, -0.2) is 13.2 Å². The molecule has 1 N–H and O–H groups in total. The molecule has 20 heteroatoms. The lowest BCUT2D eigenvalue weighted by atomic mass is 9.90. The predicted octanol–water partition coefficient (Wildman–Crippen LogP) is 7.29. The molecule has 0 aliphatic carbocycles. The summed E-state index contributed by atoms with van der Waals surface area (Å²) >= 11 is 0.127. The number of ether oxygens (including phenoxy) is 1. The van der Waals surface area contributed by atoms with E-state index >= 15 is 0 Å². The summed E-state index contributed by atoms with van der Waals surface area (Å²) in [6, 6.07) is 2.90. The van der Waals surface area contributed by atoms with Gasteiger partial charge in [0, 0.05) is 17.8 Å². The van der Waals surface area contributed by atoms with Crippen LogP contribution in [0.15, 0.2) is 22.4 Å². The van der Waals surface area contributed by atoms with E-state index in [4.69, 9.17) is 0 Å². The molecular weight excluding hydrogens is 640 g/mol. The van der Waals surface area contributed by atoms with Crippen LogP contribution < -0.4 is 9.62 Å². The highest BCUT2D eigenvalue weighted by Crippen LogP contribution is 2.42. The van der Waals surface area contributed by atoms with Crippen molar-refractivity contribution in [3.8, 4) is 0 Å². The van der Waals surface area contributed by atoms with E-state index in [1.165, 1.54) is 12.1 Å². The SMILES string of the molecule is CCC(CC)N1c2cc(NS(=O)(=O)CC(F)(F)F)c(N=Nc3nnc(C(=O)OC(F)(F)C(F)(F)F)s3)cc2CCC1CC. The minimum Gasteiger partial charge on any atom is -0.388 e. The molecule has 0 saturated carbocycles. The maximum absolute atomic E-state index is 13.0. The Morgan fingerprint density at radius 2 is 1.74 bits per heavy atom. The molecule has 240 valence electrons. The summed E-state index contributed by atoms with van der Waals surface area (Å²) in [5, 5.41) is 12.4. The fraction of sp³-hybridized carbons (Fsp3) is 0.609. The van der Waals surface area contributed by atoms with E-state index in [1.807, 2.05) is 25.5 Å². The van der Waals surface area contributed by atoms with Gasteiger partial charge in [0.15, 0.2) is 5.75 Å². The Hall–Kier alpha value is -3.16. The number of benzene rings is 1. The largest absolute Gasteiger partial charge is 0.501 e. The van der Waals surface area contributed by atoms with Crippen molar-refractivity contribution in [2.24, 2.45) is 10.2 Å². The minimum absolute atomic E-state index is 0.0420. The number of anilines is 2. The van der Waals surface area contributed by atoms with Crippen molar-refractivity contribution in [1.29, 1.82) is 0 Å². The Morgan fingerprint density at radius 3 is 2.30 bits per heavy atom. The smallest absolute Gasteiger partial charge is 0.388 e. The lowest BCUT2D eigenvalue weighted by molar-refractivity contribution is -0.370. The van der Waals surface area contributed by atoms with Crippen LogP contribution in [-0.2, 0) is 21.2 Å². The maximum atomic E-state index is 13.0. The Labute approximate surface area is 244 Å². The third kappa shape index (κ3) is 8.48. The second kappa shape index (κ2) is 12.8. The summed E-state index contributed by atoms with van der Waals surface area (Å²) in [6.45, 7) is 5.93. The summed E-state index contributed by atoms with van der Waals surface area (Å²) in [4.78, 5) is 13.8. The molecule has 2 aromatic rings. The van der Waals surface area contributed by atoms with Crippen LogP contribution >= 0.6 is 11.3 Å². The number of nitrogens with zero attached hydrogens (tertiary/aromatic N) is 5. The molecule has 2 heterocycles. The van der Waals surface area contributed by atoms with Crippen molar-refractivity contribution in [1.82, 2.24) is 10.2 Å². The predicted molar refractivity (Wildman–Crippen MR) is 140 cm³/mol. The second-order valence-corrected chi connectivity index (χ2v) is 12.1. The number of halogens is 8. The van der Waals surface area contributed by atoms with Gasteiger partial charge in [-0.2, -0.15) is 35.1 Å². The van der Waals surface area contributed by atoms with Crippen LogP contribution in [0.3, 0.4) is 0 Å². The fourth-order valence-electron chi connectivity index (χ4n) is 4.53. The minimum atomic E-state index is -6.18. The van der Waals surface area contributed by atoms with Crippen molar-refractivity contribution in [2.75, 3.05) is 15.4 Å². The third-order valence-electron chi connectivity index (χ3n) is 6.42. The highest BCUT2D eigenvalue weighted by atomic mass is 32.2. The van der Waals surface area contributed by atoms with E-state index in [-0.39, 0.29) is 34.8 Å². The normalized spacial score (nSPS) is 16.6. The van der Waals surface area contributed by atoms with Gasteiger partial charge in [0.1, 0.15) is 5.69 Å². The number of aromatic nitrogens is 2. The molecule has 1 aromatic carbocycles. The maximum Gasteiger partial charge on any atom is 0.501 e. The summed E-state index contributed by atoms with van der Waals surface area (Å²) < 4.78 is 132. The zero-order valence-electron chi connectivity index (χ0n) is 22.8. The van der Waals surface area contributed by atoms with Crippen LogP contribution in [0.1, 0.15) is 61.8 Å². The number of hydrogen-bond donors (Lipinski definition) is 1. The van der Waals surface area contributed by atoms with Gasteiger partial charge in [0.2, 0.25) is 15.0 Å². The van der Waals surface area contributed by atoms with Crippen LogP contribution in [0.4, 0.5) is 57.3 Å². The molecule has 3 rings (SSSR count). The number of fused-ring (bicyclic) bond motifs is 1. The molecule has 0 spiro atoms. The van der Waals surface area contributed by atoms with Crippen molar-refractivity contribution in [3.63, 3.8) is 0 Å². The number of carbonyl (C=O) groups is 1. The highest BCUT2D eigenvalue weighted by Gasteiger charge is 2.62. The van der Waals surface area contributed by atoms with Crippen LogP contribution in [0.5, 0.6) is 0 Å². The van der Waals surface area contributed by atoms with Gasteiger partial charge < -0.3 is 9.64 Å². The Bertz CT molecular complexity index is 1440. The molecule has 1 atom stereocenters. The number of nitrogens with one attached hydrogen (secondary N) is 1. The van der Waals surface area contributed by atoms with Crippen molar-refractivity contribution < 1.29 is 53.1 Å². The van der Waals surface area contributed by atoms with Crippen LogP contribution in [0.25, 0.3) is 0 Å². The molecule has 43 heavy (non-hydrogen) atoms. The molecule has 10 nitrogen and oxygen atoms in total. The standard InChI is InChI=1S/C23H26F8N6O4S2/c1-4-13(5-2)37-14(6-3)8-7-12-9-15(16(10-17(12)37)36-43(39,40)11-21(24,25)26)32-34-20-35-33-18(42-20)19(38)41-23(30,31)22(27,28)29/h9-10,13-14,36H,4-8,11H2,1-3H3. The zero-order chi connectivity index (χ0) is 32.4. The number of hydrogen-bond acceptors (Lipinski definition) is 10. The van der Waals surface area contributed by atoms with Crippen molar-refractivity contribution in [3.05, 3.63) is 22.7 Å².